The Hall–Kier alpha value is -1.09. The molecule has 0 saturated heterocycles. The number of nitrogens with one attached hydrogen (secondary N) is 1. The Bertz CT molecular complexity index is 349. The van der Waals surface area contributed by atoms with E-state index < -0.39 is 0 Å². The first-order chi connectivity index (χ1) is 6.63. The molecule has 0 aliphatic carbocycles. The molecule has 0 radical (unpaired) electrons. The van der Waals surface area contributed by atoms with E-state index in [1.165, 1.54) is 0 Å². The van der Waals surface area contributed by atoms with Crippen LogP contribution in [0.15, 0.2) is 41.4 Å². The topological polar surface area (TPSA) is 29.1 Å². The van der Waals surface area contributed by atoms with E-state index in [0.29, 0.717) is 5.56 Å². The van der Waals surface area contributed by atoms with Crippen LogP contribution in [0, 0.1) is 0 Å². The third-order valence-electron chi connectivity index (χ3n) is 1.80. The van der Waals surface area contributed by atoms with E-state index in [1.807, 2.05) is 19.1 Å². The van der Waals surface area contributed by atoms with Crippen molar-refractivity contribution >= 4 is 21.8 Å². The molecule has 0 saturated carbocycles. The van der Waals surface area contributed by atoms with Crippen molar-refractivity contribution < 1.29 is 4.79 Å². The minimum atomic E-state index is -0.0845. The molecular weight excluding hydrogens is 242 g/mol. The Kier molecular flexibility index (Phi) is 3.89. The van der Waals surface area contributed by atoms with E-state index in [-0.39, 0.29) is 11.9 Å². The summed E-state index contributed by atoms with van der Waals surface area (Å²) in [6, 6.07) is 7.26. The molecule has 14 heavy (non-hydrogen) atoms. The van der Waals surface area contributed by atoms with Gasteiger partial charge in [-0.3, -0.25) is 4.79 Å². The number of carbonyl (C=O) groups excluding carboxylic acids is 1. The minimum Gasteiger partial charge on any atom is -0.346 e. The standard InChI is InChI=1S/C11H12BrNO/c1-3-8(2)13-11(14)9-5-4-6-10(12)7-9/h3-8H,1H2,2H3,(H,13,14). The average molecular weight is 254 g/mol. The van der Waals surface area contributed by atoms with Crippen molar-refractivity contribution in [2.24, 2.45) is 0 Å². The lowest BCUT2D eigenvalue weighted by molar-refractivity contribution is 0.0947. The van der Waals surface area contributed by atoms with Crippen LogP contribution in [0.4, 0.5) is 0 Å². The van der Waals surface area contributed by atoms with Crippen LogP contribution in [0.5, 0.6) is 0 Å². The van der Waals surface area contributed by atoms with Gasteiger partial charge in [0.15, 0.2) is 0 Å². The van der Waals surface area contributed by atoms with Gasteiger partial charge in [-0.2, -0.15) is 0 Å². The van der Waals surface area contributed by atoms with Gasteiger partial charge in [-0.25, -0.2) is 0 Å². The van der Waals surface area contributed by atoms with E-state index >= 15 is 0 Å². The normalized spacial score (nSPS) is 11.9. The van der Waals surface area contributed by atoms with Gasteiger partial charge in [-0.05, 0) is 25.1 Å². The Morgan fingerprint density at radius 1 is 1.64 bits per heavy atom. The van der Waals surface area contributed by atoms with Gasteiger partial charge in [0.25, 0.3) is 5.91 Å². The van der Waals surface area contributed by atoms with Gasteiger partial charge in [0.1, 0.15) is 0 Å². The van der Waals surface area contributed by atoms with Gasteiger partial charge in [-0.15, -0.1) is 6.58 Å². The third-order valence-corrected chi connectivity index (χ3v) is 2.29. The molecule has 1 aromatic rings. The van der Waals surface area contributed by atoms with Crippen LogP contribution in [-0.2, 0) is 0 Å². The molecule has 1 aromatic carbocycles. The smallest absolute Gasteiger partial charge is 0.251 e. The summed E-state index contributed by atoms with van der Waals surface area (Å²) in [6.07, 6.45) is 1.69. The summed E-state index contributed by atoms with van der Waals surface area (Å²) >= 11 is 3.31. The fourth-order valence-electron chi connectivity index (χ4n) is 0.979. The number of halogens is 1. The molecule has 1 rings (SSSR count). The molecule has 1 atom stereocenters. The highest BCUT2D eigenvalue weighted by Gasteiger charge is 2.06. The summed E-state index contributed by atoms with van der Waals surface area (Å²) in [6.45, 7) is 5.48. The van der Waals surface area contributed by atoms with E-state index in [9.17, 15) is 4.79 Å². The first-order valence-electron chi connectivity index (χ1n) is 4.32. The zero-order valence-corrected chi connectivity index (χ0v) is 9.54. The molecule has 2 nitrogen and oxygen atoms in total. The Morgan fingerprint density at radius 2 is 2.36 bits per heavy atom. The number of rotatable bonds is 3. The van der Waals surface area contributed by atoms with Crippen LogP contribution in [0.25, 0.3) is 0 Å². The van der Waals surface area contributed by atoms with E-state index in [0.717, 1.165) is 4.47 Å². The maximum absolute atomic E-state index is 11.6. The van der Waals surface area contributed by atoms with Gasteiger partial charge in [-0.1, -0.05) is 28.1 Å². The minimum absolute atomic E-state index is 0.0125. The largest absolute Gasteiger partial charge is 0.346 e. The zero-order chi connectivity index (χ0) is 10.6. The van der Waals surface area contributed by atoms with Gasteiger partial charge < -0.3 is 5.32 Å². The van der Waals surface area contributed by atoms with Crippen molar-refractivity contribution in [2.45, 2.75) is 13.0 Å². The number of hydrogen-bond acceptors (Lipinski definition) is 1. The van der Waals surface area contributed by atoms with Crippen molar-refractivity contribution in [1.82, 2.24) is 5.32 Å². The van der Waals surface area contributed by atoms with E-state index in [2.05, 4.69) is 27.8 Å². The Morgan fingerprint density at radius 3 is 2.93 bits per heavy atom. The number of carbonyl (C=O) groups is 1. The summed E-state index contributed by atoms with van der Waals surface area (Å²) in [4.78, 5) is 11.6. The molecule has 1 N–H and O–H groups in total. The maximum Gasteiger partial charge on any atom is 0.251 e. The van der Waals surface area contributed by atoms with Crippen molar-refractivity contribution in [1.29, 1.82) is 0 Å². The fourth-order valence-corrected chi connectivity index (χ4v) is 1.38. The van der Waals surface area contributed by atoms with Crippen molar-refractivity contribution in [3.05, 3.63) is 47.0 Å². The zero-order valence-electron chi connectivity index (χ0n) is 7.96. The monoisotopic (exact) mass is 253 g/mol. The predicted molar refractivity (Wildman–Crippen MR) is 61.3 cm³/mol. The van der Waals surface area contributed by atoms with Crippen LogP contribution >= 0.6 is 15.9 Å². The molecule has 3 heteroatoms. The predicted octanol–water partition coefficient (Wildman–Crippen LogP) is 2.75. The van der Waals surface area contributed by atoms with E-state index in [1.54, 1.807) is 18.2 Å². The van der Waals surface area contributed by atoms with Crippen molar-refractivity contribution in [2.75, 3.05) is 0 Å². The van der Waals surface area contributed by atoms with E-state index in [4.69, 9.17) is 0 Å². The van der Waals surface area contributed by atoms with Gasteiger partial charge in [0, 0.05) is 16.1 Å². The molecule has 0 spiro atoms. The van der Waals surface area contributed by atoms with Crippen LogP contribution in [0.3, 0.4) is 0 Å². The summed E-state index contributed by atoms with van der Waals surface area (Å²) in [5.41, 5.74) is 0.646. The Labute approximate surface area is 92.1 Å². The van der Waals surface area contributed by atoms with Crippen LogP contribution in [0.1, 0.15) is 17.3 Å². The fraction of sp³-hybridized carbons (Fsp3) is 0.182. The number of benzene rings is 1. The molecular formula is C11H12BrNO. The summed E-state index contributed by atoms with van der Waals surface area (Å²) in [5.74, 6) is -0.0845. The van der Waals surface area contributed by atoms with Crippen molar-refractivity contribution in [3.63, 3.8) is 0 Å². The molecule has 0 aliphatic heterocycles. The second kappa shape index (κ2) is 4.96. The van der Waals surface area contributed by atoms with Gasteiger partial charge in [0.05, 0.1) is 0 Å². The summed E-state index contributed by atoms with van der Waals surface area (Å²) in [7, 11) is 0. The molecule has 0 aliphatic rings. The van der Waals surface area contributed by atoms with Crippen molar-refractivity contribution in [3.8, 4) is 0 Å². The van der Waals surface area contributed by atoms with Gasteiger partial charge in [0.2, 0.25) is 0 Å². The lowest BCUT2D eigenvalue weighted by Gasteiger charge is -2.08. The molecule has 1 unspecified atom stereocenters. The molecule has 0 heterocycles. The maximum atomic E-state index is 11.6. The van der Waals surface area contributed by atoms with Crippen LogP contribution in [-0.4, -0.2) is 11.9 Å². The highest BCUT2D eigenvalue weighted by molar-refractivity contribution is 9.10. The molecule has 1 amide bonds. The molecule has 0 fully saturated rings. The third kappa shape index (κ3) is 3.00. The molecule has 74 valence electrons. The highest BCUT2D eigenvalue weighted by Crippen LogP contribution is 2.11. The first-order valence-corrected chi connectivity index (χ1v) is 5.12. The average Bonchev–Trinajstić information content (AvgIpc) is 2.17. The lowest BCUT2D eigenvalue weighted by Crippen LogP contribution is -2.30. The molecule has 0 aromatic heterocycles. The lowest BCUT2D eigenvalue weighted by atomic mass is 10.2. The Balaban J connectivity index is 2.74. The highest BCUT2D eigenvalue weighted by atomic mass is 79.9. The van der Waals surface area contributed by atoms with Crippen LogP contribution < -0.4 is 5.32 Å². The molecule has 0 bridgehead atoms. The van der Waals surface area contributed by atoms with Crippen LogP contribution in [0.2, 0.25) is 0 Å². The number of hydrogen-bond donors (Lipinski definition) is 1. The summed E-state index contributed by atoms with van der Waals surface area (Å²) < 4.78 is 0.899. The SMILES string of the molecule is C=CC(C)NC(=O)c1cccc(Br)c1. The second-order valence-corrected chi connectivity index (χ2v) is 3.92. The van der Waals surface area contributed by atoms with Gasteiger partial charge >= 0.3 is 0 Å². The quantitative estimate of drug-likeness (QED) is 0.825. The number of amides is 1. The first kappa shape index (κ1) is 11.0. The summed E-state index contributed by atoms with van der Waals surface area (Å²) in [5, 5.41) is 2.80. The second-order valence-electron chi connectivity index (χ2n) is 3.01.